The summed E-state index contributed by atoms with van der Waals surface area (Å²) in [6.45, 7) is 0. The molecule has 0 aliphatic heterocycles. The molecule has 3 heterocycles. The minimum atomic E-state index is 0.791. The zero-order valence-electron chi connectivity index (χ0n) is 12.5. The van der Waals surface area contributed by atoms with Crippen molar-refractivity contribution in [3.05, 3.63) is 67.0 Å². The molecule has 0 saturated carbocycles. The number of ether oxygens (including phenoxy) is 1. The van der Waals surface area contributed by atoms with Gasteiger partial charge in [-0.15, -0.1) is 0 Å². The summed E-state index contributed by atoms with van der Waals surface area (Å²) in [4.78, 5) is 8.97. The Labute approximate surface area is 133 Å². The van der Waals surface area contributed by atoms with Gasteiger partial charge in [0.2, 0.25) is 0 Å². The summed E-state index contributed by atoms with van der Waals surface area (Å²) in [5.41, 5.74) is 4.37. The minimum absolute atomic E-state index is 0.791. The van der Waals surface area contributed by atoms with Gasteiger partial charge < -0.3 is 4.74 Å². The maximum Gasteiger partial charge on any atom is 0.156 e. The van der Waals surface area contributed by atoms with Gasteiger partial charge in [0.25, 0.3) is 0 Å². The van der Waals surface area contributed by atoms with E-state index < -0.39 is 0 Å². The standard InChI is InChI=1S/C18H14N4O/c1-23-14-7-5-13(6-8-14)17-12-18-20-16(9-11-22(18)21-17)15-4-2-3-10-19-15/h2-12H,1H3. The van der Waals surface area contributed by atoms with Crippen molar-refractivity contribution in [2.24, 2.45) is 0 Å². The Kier molecular flexibility index (Phi) is 3.24. The minimum Gasteiger partial charge on any atom is -0.497 e. The molecule has 0 amide bonds. The van der Waals surface area contributed by atoms with E-state index in [1.54, 1.807) is 17.8 Å². The Hall–Kier alpha value is -3.21. The number of fused-ring (bicyclic) bond motifs is 1. The third-order valence-corrected chi connectivity index (χ3v) is 3.64. The van der Waals surface area contributed by atoms with Crippen LogP contribution in [0.4, 0.5) is 0 Å². The lowest BCUT2D eigenvalue weighted by Gasteiger charge is -2.00. The number of pyridine rings is 1. The number of methoxy groups -OCH3 is 1. The summed E-state index contributed by atoms with van der Waals surface area (Å²) in [6, 6.07) is 17.5. The van der Waals surface area contributed by atoms with E-state index in [1.165, 1.54) is 0 Å². The van der Waals surface area contributed by atoms with Crippen LogP contribution in [0.3, 0.4) is 0 Å². The van der Waals surface area contributed by atoms with Crippen molar-refractivity contribution in [2.75, 3.05) is 7.11 Å². The smallest absolute Gasteiger partial charge is 0.156 e. The van der Waals surface area contributed by atoms with Crippen LogP contribution in [0.5, 0.6) is 5.75 Å². The molecule has 4 rings (SSSR count). The first-order chi connectivity index (χ1) is 11.3. The van der Waals surface area contributed by atoms with Gasteiger partial charge in [0.05, 0.1) is 24.2 Å². The molecule has 0 fully saturated rings. The molecule has 0 N–H and O–H groups in total. The molecular weight excluding hydrogens is 288 g/mol. The third kappa shape index (κ3) is 2.53. The van der Waals surface area contributed by atoms with Gasteiger partial charge in [-0.1, -0.05) is 6.07 Å². The first kappa shape index (κ1) is 13.5. The average Bonchev–Trinajstić information content (AvgIpc) is 3.06. The van der Waals surface area contributed by atoms with Crippen LogP contribution < -0.4 is 4.74 Å². The van der Waals surface area contributed by atoms with Crippen LogP contribution in [0.15, 0.2) is 67.0 Å². The highest BCUT2D eigenvalue weighted by atomic mass is 16.5. The van der Waals surface area contributed by atoms with Gasteiger partial charge in [0, 0.05) is 24.0 Å². The van der Waals surface area contributed by atoms with Gasteiger partial charge in [0.15, 0.2) is 5.65 Å². The van der Waals surface area contributed by atoms with Crippen molar-refractivity contribution in [3.8, 4) is 28.4 Å². The number of hydrogen-bond acceptors (Lipinski definition) is 4. The molecule has 0 radical (unpaired) electrons. The Morgan fingerprint density at radius 1 is 0.913 bits per heavy atom. The zero-order chi connectivity index (χ0) is 15.6. The van der Waals surface area contributed by atoms with Crippen molar-refractivity contribution in [1.82, 2.24) is 19.6 Å². The molecule has 112 valence electrons. The van der Waals surface area contributed by atoms with E-state index in [0.29, 0.717) is 0 Å². The van der Waals surface area contributed by atoms with Crippen molar-refractivity contribution >= 4 is 5.65 Å². The van der Waals surface area contributed by atoms with E-state index in [1.807, 2.05) is 60.8 Å². The summed E-state index contributed by atoms with van der Waals surface area (Å²) in [5.74, 6) is 0.827. The molecule has 3 aromatic heterocycles. The van der Waals surface area contributed by atoms with E-state index >= 15 is 0 Å². The van der Waals surface area contributed by atoms with Crippen LogP contribution in [0, 0.1) is 0 Å². The van der Waals surface area contributed by atoms with Gasteiger partial charge in [-0.2, -0.15) is 5.10 Å². The van der Waals surface area contributed by atoms with Gasteiger partial charge in [-0.3, -0.25) is 4.98 Å². The molecule has 0 aliphatic rings. The predicted molar refractivity (Wildman–Crippen MR) is 88.2 cm³/mol. The predicted octanol–water partition coefficient (Wildman–Crippen LogP) is 3.47. The number of hydrogen-bond donors (Lipinski definition) is 0. The van der Waals surface area contributed by atoms with Crippen LogP contribution >= 0.6 is 0 Å². The van der Waals surface area contributed by atoms with Crippen LogP contribution in [-0.2, 0) is 0 Å². The second-order valence-electron chi connectivity index (χ2n) is 5.09. The van der Waals surface area contributed by atoms with Gasteiger partial charge in [-0.25, -0.2) is 9.50 Å². The molecule has 0 bridgehead atoms. The summed E-state index contributed by atoms with van der Waals surface area (Å²) >= 11 is 0. The lowest BCUT2D eigenvalue weighted by Crippen LogP contribution is -1.92. The monoisotopic (exact) mass is 302 g/mol. The zero-order valence-corrected chi connectivity index (χ0v) is 12.5. The molecule has 0 saturated heterocycles. The Bertz CT molecular complexity index is 946. The maximum atomic E-state index is 5.18. The van der Waals surface area contributed by atoms with Gasteiger partial charge >= 0.3 is 0 Å². The van der Waals surface area contributed by atoms with E-state index in [2.05, 4.69) is 15.1 Å². The number of benzene rings is 1. The number of nitrogens with zero attached hydrogens (tertiary/aromatic N) is 4. The topological polar surface area (TPSA) is 52.3 Å². The molecule has 0 aliphatic carbocycles. The Balaban J connectivity index is 1.75. The van der Waals surface area contributed by atoms with E-state index in [9.17, 15) is 0 Å². The third-order valence-electron chi connectivity index (χ3n) is 3.64. The van der Waals surface area contributed by atoms with Crippen molar-refractivity contribution < 1.29 is 4.74 Å². The average molecular weight is 302 g/mol. The fraction of sp³-hybridized carbons (Fsp3) is 0.0556. The molecule has 4 aromatic rings. The second kappa shape index (κ2) is 5.53. The first-order valence-corrected chi connectivity index (χ1v) is 7.26. The summed E-state index contributed by atoms with van der Waals surface area (Å²) in [5, 5.41) is 4.57. The molecule has 0 unspecified atom stereocenters. The molecule has 23 heavy (non-hydrogen) atoms. The largest absolute Gasteiger partial charge is 0.497 e. The van der Waals surface area contributed by atoms with Crippen molar-refractivity contribution in [2.45, 2.75) is 0 Å². The SMILES string of the molecule is COc1ccc(-c2cc3nc(-c4ccccn4)ccn3n2)cc1. The normalized spacial score (nSPS) is 10.8. The quantitative estimate of drug-likeness (QED) is 0.581. The van der Waals surface area contributed by atoms with Crippen molar-refractivity contribution in [1.29, 1.82) is 0 Å². The second-order valence-corrected chi connectivity index (χ2v) is 5.09. The molecule has 5 heteroatoms. The van der Waals surface area contributed by atoms with Gasteiger partial charge in [-0.05, 0) is 42.5 Å². The van der Waals surface area contributed by atoms with E-state index in [-0.39, 0.29) is 0 Å². The summed E-state index contributed by atoms with van der Waals surface area (Å²) in [7, 11) is 1.66. The number of aromatic nitrogens is 4. The molecule has 0 atom stereocenters. The summed E-state index contributed by atoms with van der Waals surface area (Å²) < 4.78 is 6.95. The Morgan fingerprint density at radius 3 is 2.52 bits per heavy atom. The fourth-order valence-corrected chi connectivity index (χ4v) is 2.44. The molecule has 1 aromatic carbocycles. The lowest BCUT2D eigenvalue weighted by molar-refractivity contribution is 0.415. The first-order valence-electron chi connectivity index (χ1n) is 7.26. The van der Waals surface area contributed by atoms with Gasteiger partial charge in [0.1, 0.15) is 5.75 Å². The highest BCUT2D eigenvalue weighted by Gasteiger charge is 2.08. The fourth-order valence-electron chi connectivity index (χ4n) is 2.44. The van der Waals surface area contributed by atoms with E-state index in [0.717, 1.165) is 34.0 Å². The van der Waals surface area contributed by atoms with Crippen LogP contribution in [0.25, 0.3) is 28.3 Å². The summed E-state index contributed by atoms with van der Waals surface area (Å²) in [6.07, 6.45) is 3.67. The Morgan fingerprint density at radius 2 is 1.78 bits per heavy atom. The number of rotatable bonds is 3. The van der Waals surface area contributed by atoms with E-state index in [4.69, 9.17) is 4.74 Å². The molecular formula is C18H14N4O. The van der Waals surface area contributed by atoms with Crippen molar-refractivity contribution in [3.63, 3.8) is 0 Å². The lowest BCUT2D eigenvalue weighted by atomic mass is 10.1. The maximum absolute atomic E-state index is 5.18. The molecule has 0 spiro atoms. The van der Waals surface area contributed by atoms with Crippen LogP contribution in [-0.4, -0.2) is 26.7 Å². The highest BCUT2D eigenvalue weighted by molar-refractivity contribution is 5.66. The highest BCUT2D eigenvalue weighted by Crippen LogP contribution is 2.23. The molecule has 5 nitrogen and oxygen atoms in total. The van der Waals surface area contributed by atoms with Crippen LogP contribution in [0.2, 0.25) is 0 Å². The van der Waals surface area contributed by atoms with Crippen LogP contribution in [0.1, 0.15) is 0 Å².